The molecule has 1 aromatic carbocycles. The third-order valence-electron chi connectivity index (χ3n) is 1.15. The zero-order valence-electron chi connectivity index (χ0n) is 5.22. The molecule has 0 saturated carbocycles. The maximum Gasteiger partial charge on any atom is 0.0316 e. The number of rotatable bonds is 1. The van der Waals surface area contributed by atoms with Crippen molar-refractivity contribution in [3.63, 3.8) is 0 Å². The summed E-state index contributed by atoms with van der Waals surface area (Å²) in [5.41, 5.74) is 1.18. The van der Waals surface area contributed by atoms with Crippen molar-refractivity contribution >= 4 is 36.3 Å². The molecule has 0 amide bonds. The second-order valence-electron chi connectivity index (χ2n) is 1.82. The van der Waals surface area contributed by atoms with Crippen molar-refractivity contribution in [2.75, 3.05) is 0 Å². The van der Waals surface area contributed by atoms with Crippen molar-refractivity contribution in [1.29, 1.82) is 0 Å². The van der Waals surface area contributed by atoms with Crippen molar-refractivity contribution in [1.82, 2.24) is 0 Å². The summed E-state index contributed by atoms with van der Waals surface area (Å²) in [7, 11) is 0. The lowest BCUT2D eigenvalue weighted by Gasteiger charge is -1.94. The monoisotopic (exact) mass is 260 g/mol. The summed E-state index contributed by atoms with van der Waals surface area (Å²) in [5, 5.41) is 0. The van der Waals surface area contributed by atoms with Crippen LogP contribution >= 0.6 is 31.9 Å². The molecular formula is C8H6Br2. The Bertz CT molecular complexity index is 226. The Labute approximate surface area is 77.2 Å². The van der Waals surface area contributed by atoms with Gasteiger partial charge in [0.1, 0.15) is 0 Å². The van der Waals surface area contributed by atoms with Crippen molar-refractivity contribution < 1.29 is 0 Å². The average molecular weight is 262 g/mol. The molecule has 0 N–H and O–H groups in total. The van der Waals surface area contributed by atoms with Crippen molar-refractivity contribution in [2.45, 2.75) is 0 Å². The van der Waals surface area contributed by atoms with Crippen LogP contribution in [0, 0.1) is 0 Å². The molecule has 0 bridgehead atoms. The SMILES string of the molecule is BrC=C(Br)c1ccccc1. The molecule has 0 aliphatic rings. The van der Waals surface area contributed by atoms with Crippen LogP contribution in [0.3, 0.4) is 0 Å². The zero-order chi connectivity index (χ0) is 7.40. The number of hydrogen-bond acceptors (Lipinski definition) is 0. The second kappa shape index (κ2) is 3.94. The van der Waals surface area contributed by atoms with Crippen LogP contribution in [-0.4, -0.2) is 0 Å². The Morgan fingerprint density at radius 2 is 1.80 bits per heavy atom. The van der Waals surface area contributed by atoms with Gasteiger partial charge in [0.2, 0.25) is 0 Å². The van der Waals surface area contributed by atoms with Gasteiger partial charge in [-0.1, -0.05) is 46.3 Å². The van der Waals surface area contributed by atoms with Gasteiger partial charge >= 0.3 is 0 Å². The first-order valence-electron chi connectivity index (χ1n) is 2.86. The fraction of sp³-hybridized carbons (Fsp3) is 0. The van der Waals surface area contributed by atoms with E-state index in [1.165, 1.54) is 5.56 Å². The minimum atomic E-state index is 1.06. The minimum absolute atomic E-state index is 1.06. The van der Waals surface area contributed by atoms with Gasteiger partial charge < -0.3 is 0 Å². The van der Waals surface area contributed by atoms with E-state index in [1.807, 2.05) is 35.3 Å². The molecule has 0 aliphatic carbocycles. The largest absolute Gasteiger partial charge is 0.0622 e. The topological polar surface area (TPSA) is 0 Å². The third-order valence-corrected chi connectivity index (χ3v) is 2.90. The van der Waals surface area contributed by atoms with Gasteiger partial charge in [-0.15, -0.1) is 0 Å². The molecule has 0 radical (unpaired) electrons. The van der Waals surface area contributed by atoms with Gasteiger partial charge in [0, 0.05) is 4.48 Å². The Hall–Kier alpha value is -0.0800. The van der Waals surface area contributed by atoms with Gasteiger partial charge in [0.25, 0.3) is 0 Å². The molecule has 0 unspecified atom stereocenters. The Morgan fingerprint density at radius 1 is 1.20 bits per heavy atom. The summed E-state index contributed by atoms with van der Waals surface area (Å²) in [6, 6.07) is 10.1. The molecule has 10 heavy (non-hydrogen) atoms. The van der Waals surface area contributed by atoms with E-state index in [1.54, 1.807) is 0 Å². The van der Waals surface area contributed by atoms with Crippen LogP contribution in [0.2, 0.25) is 0 Å². The third kappa shape index (κ3) is 1.96. The Kier molecular flexibility index (Phi) is 3.16. The first-order chi connectivity index (χ1) is 4.84. The number of benzene rings is 1. The molecule has 0 nitrogen and oxygen atoms in total. The first kappa shape index (κ1) is 8.02. The average Bonchev–Trinajstić information content (AvgIpc) is 2.05. The van der Waals surface area contributed by atoms with E-state index in [0.717, 1.165) is 4.48 Å². The van der Waals surface area contributed by atoms with Crippen LogP contribution in [0.25, 0.3) is 4.48 Å². The van der Waals surface area contributed by atoms with Gasteiger partial charge in [-0.25, -0.2) is 0 Å². The lowest BCUT2D eigenvalue weighted by atomic mass is 10.2. The molecule has 0 aromatic heterocycles. The lowest BCUT2D eigenvalue weighted by Crippen LogP contribution is -1.71. The number of halogens is 2. The molecule has 1 aromatic rings. The van der Waals surface area contributed by atoms with Gasteiger partial charge in [-0.2, -0.15) is 0 Å². The highest BCUT2D eigenvalue weighted by atomic mass is 79.9. The summed E-state index contributed by atoms with van der Waals surface area (Å²) in [4.78, 5) is 1.85. The molecular weight excluding hydrogens is 256 g/mol. The quantitative estimate of drug-likeness (QED) is 0.722. The highest BCUT2D eigenvalue weighted by molar-refractivity contribution is 9.16. The molecule has 1 rings (SSSR count). The van der Waals surface area contributed by atoms with Crippen LogP contribution < -0.4 is 0 Å². The van der Waals surface area contributed by atoms with E-state index in [2.05, 4.69) is 31.9 Å². The summed E-state index contributed by atoms with van der Waals surface area (Å²) in [6.07, 6.45) is 0. The number of hydrogen-bond donors (Lipinski definition) is 0. The highest BCUT2D eigenvalue weighted by Gasteiger charge is 1.91. The summed E-state index contributed by atoms with van der Waals surface area (Å²) in [6.45, 7) is 0. The minimum Gasteiger partial charge on any atom is -0.0622 e. The van der Waals surface area contributed by atoms with Crippen LogP contribution in [-0.2, 0) is 0 Å². The van der Waals surface area contributed by atoms with E-state index < -0.39 is 0 Å². The van der Waals surface area contributed by atoms with Crippen LogP contribution in [0.4, 0.5) is 0 Å². The molecule has 2 heteroatoms. The van der Waals surface area contributed by atoms with Gasteiger partial charge in [0.15, 0.2) is 0 Å². The summed E-state index contributed by atoms with van der Waals surface area (Å²) in [5.74, 6) is 0. The zero-order valence-corrected chi connectivity index (χ0v) is 8.39. The Morgan fingerprint density at radius 3 is 2.30 bits per heavy atom. The second-order valence-corrected chi connectivity index (χ2v) is 3.14. The van der Waals surface area contributed by atoms with E-state index in [4.69, 9.17) is 0 Å². The fourth-order valence-electron chi connectivity index (χ4n) is 0.660. The van der Waals surface area contributed by atoms with Crippen molar-refractivity contribution in [3.05, 3.63) is 40.9 Å². The first-order valence-corrected chi connectivity index (χ1v) is 4.57. The molecule has 0 spiro atoms. The van der Waals surface area contributed by atoms with Gasteiger partial charge in [-0.05, 0) is 26.5 Å². The van der Waals surface area contributed by atoms with E-state index in [-0.39, 0.29) is 0 Å². The molecule has 52 valence electrons. The predicted molar refractivity (Wildman–Crippen MR) is 52.3 cm³/mol. The predicted octanol–water partition coefficient (Wildman–Crippen LogP) is 3.77. The molecule has 0 fully saturated rings. The maximum atomic E-state index is 3.40. The molecule has 0 saturated heterocycles. The van der Waals surface area contributed by atoms with Crippen LogP contribution in [0.1, 0.15) is 5.56 Å². The van der Waals surface area contributed by atoms with Gasteiger partial charge in [-0.3, -0.25) is 0 Å². The van der Waals surface area contributed by atoms with E-state index in [0.29, 0.717) is 0 Å². The summed E-state index contributed by atoms with van der Waals surface area (Å²) < 4.78 is 1.06. The molecule has 0 aliphatic heterocycles. The smallest absolute Gasteiger partial charge is 0.0316 e. The fourth-order valence-corrected chi connectivity index (χ4v) is 1.19. The maximum absolute atomic E-state index is 3.40. The van der Waals surface area contributed by atoms with Crippen LogP contribution in [0.5, 0.6) is 0 Å². The standard InChI is InChI=1S/C8H6Br2/c9-6-8(10)7-4-2-1-3-5-7/h1-6H. The van der Waals surface area contributed by atoms with Gasteiger partial charge in [0.05, 0.1) is 0 Å². The summed E-state index contributed by atoms with van der Waals surface area (Å²) >= 11 is 6.64. The normalized spacial score (nSPS) is 11.6. The molecule has 0 atom stereocenters. The Balaban J connectivity index is 2.96. The highest BCUT2D eigenvalue weighted by Crippen LogP contribution is 2.21. The van der Waals surface area contributed by atoms with Crippen LogP contribution in [0.15, 0.2) is 35.3 Å². The van der Waals surface area contributed by atoms with E-state index in [9.17, 15) is 0 Å². The van der Waals surface area contributed by atoms with Crippen molar-refractivity contribution in [2.24, 2.45) is 0 Å². The van der Waals surface area contributed by atoms with E-state index >= 15 is 0 Å². The molecule has 0 heterocycles. The lowest BCUT2D eigenvalue weighted by molar-refractivity contribution is 1.66. The van der Waals surface area contributed by atoms with Crippen molar-refractivity contribution in [3.8, 4) is 0 Å².